The lowest BCUT2D eigenvalue weighted by Gasteiger charge is -2.28. The molecule has 0 saturated heterocycles. The third-order valence-corrected chi connectivity index (χ3v) is 4.43. The number of hydrogen-bond acceptors (Lipinski definition) is 2. The molecule has 1 heterocycles. The van der Waals surface area contributed by atoms with E-state index in [2.05, 4.69) is 23.3 Å². The summed E-state index contributed by atoms with van der Waals surface area (Å²) in [5, 5.41) is 4.46. The van der Waals surface area contributed by atoms with Crippen molar-refractivity contribution in [3.8, 4) is 0 Å². The van der Waals surface area contributed by atoms with Crippen LogP contribution >= 0.6 is 11.6 Å². The van der Waals surface area contributed by atoms with Crippen molar-refractivity contribution < 1.29 is 0 Å². The first kappa shape index (κ1) is 14.8. The summed E-state index contributed by atoms with van der Waals surface area (Å²) in [7, 11) is 0. The van der Waals surface area contributed by atoms with Crippen LogP contribution in [-0.2, 0) is 0 Å². The van der Waals surface area contributed by atoms with Gasteiger partial charge in [0.2, 0.25) is 0 Å². The molecule has 1 unspecified atom stereocenters. The van der Waals surface area contributed by atoms with Gasteiger partial charge in [-0.3, -0.25) is 4.98 Å². The maximum atomic E-state index is 6.31. The summed E-state index contributed by atoms with van der Waals surface area (Å²) in [6, 6.07) is 2.46. The monoisotopic (exact) mass is 280 g/mol. The van der Waals surface area contributed by atoms with Crippen molar-refractivity contribution in [2.45, 2.75) is 57.9 Å². The highest BCUT2D eigenvalue weighted by molar-refractivity contribution is 6.31. The Balaban J connectivity index is 2.04. The maximum Gasteiger partial charge on any atom is 0.0637 e. The van der Waals surface area contributed by atoms with Crippen LogP contribution in [0.25, 0.3) is 0 Å². The quantitative estimate of drug-likeness (QED) is 0.814. The summed E-state index contributed by atoms with van der Waals surface area (Å²) in [6.45, 7) is 3.26. The second-order valence-electron chi connectivity index (χ2n) is 5.64. The van der Waals surface area contributed by atoms with Crippen LogP contribution in [0, 0.1) is 5.92 Å². The Morgan fingerprint density at radius 1 is 1.37 bits per heavy atom. The van der Waals surface area contributed by atoms with E-state index in [9.17, 15) is 0 Å². The number of pyridine rings is 1. The largest absolute Gasteiger partial charge is 0.310 e. The zero-order valence-electron chi connectivity index (χ0n) is 11.9. The Kier molecular flexibility index (Phi) is 6.12. The molecule has 1 N–H and O–H groups in total. The summed E-state index contributed by atoms with van der Waals surface area (Å²) in [6.07, 6.45) is 13.0. The molecule has 1 atom stereocenters. The molecule has 19 heavy (non-hydrogen) atoms. The van der Waals surface area contributed by atoms with Crippen molar-refractivity contribution in [2.75, 3.05) is 6.54 Å². The molecule has 1 saturated carbocycles. The number of rotatable bonds is 6. The van der Waals surface area contributed by atoms with Gasteiger partial charge in [-0.1, -0.05) is 50.6 Å². The van der Waals surface area contributed by atoms with Crippen molar-refractivity contribution in [3.63, 3.8) is 0 Å². The van der Waals surface area contributed by atoms with Crippen molar-refractivity contribution in [2.24, 2.45) is 5.92 Å². The van der Waals surface area contributed by atoms with Crippen LogP contribution in [0.4, 0.5) is 0 Å². The standard InChI is InChI=1S/C16H25ClN2/c1-2-9-19-16(11-13-6-4-3-5-7-13)14-8-10-18-12-15(14)17/h8,10,12-13,16,19H,2-7,9,11H2,1H3. The Morgan fingerprint density at radius 3 is 2.84 bits per heavy atom. The van der Waals surface area contributed by atoms with Crippen LogP contribution in [-0.4, -0.2) is 11.5 Å². The van der Waals surface area contributed by atoms with Gasteiger partial charge in [0.05, 0.1) is 5.02 Å². The van der Waals surface area contributed by atoms with Gasteiger partial charge in [0.15, 0.2) is 0 Å². The van der Waals surface area contributed by atoms with Crippen molar-refractivity contribution >= 4 is 11.6 Å². The first-order valence-corrected chi connectivity index (χ1v) is 8.02. The molecule has 0 radical (unpaired) electrons. The lowest BCUT2D eigenvalue weighted by atomic mass is 9.83. The molecule has 0 aliphatic heterocycles. The van der Waals surface area contributed by atoms with Crippen LogP contribution in [0.15, 0.2) is 18.5 Å². The Labute approximate surface area is 122 Å². The number of aromatic nitrogens is 1. The molecule has 1 fully saturated rings. The third kappa shape index (κ3) is 4.47. The van der Waals surface area contributed by atoms with E-state index in [4.69, 9.17) is 11.6 Å². The summed E-state index contributed by atoms with van der Waals surface area (Å²) >= 11 is 6.31. The lowest BCUT2D eigenvalue weighted by molar-refractivity contribution is 0.300. The summed E-state index contributed by atoms with van der Waals surface area (Å²) in [4.78, 5) is 4.09. The van der Waals surface area contributed by atoms with E-state index in [-0.39, 0.29) is 0 Å². The summed E-state index contributed by atoms with van der Waals surface area (Å²) < 4.78 is 0. The van der Waals surface area contributed by atoms with Gasteiger partial charge in [0, 0.05) is 18.4 Å². The number of hydrogen-bond donors (Lipinski definition) is 1. The van der Waals surface area contributed by atoms with Crippen LogP contribution in [0.3, 0.4) is 0 Å². The molecular weight excluding hydrogens is 256 g/mol. The van der Waals surface area contributed by atoms with Gasteiger partial charge in [-0.15, -0.1) is 0 Å². The molecule has 106 valence electrons. The fraction of sp³-hybridized carbons (Fsp3) is 0.688. The van der Waals surface area contributed by atoms with Gasteiger partial charge in [-0.25, -0.2) is 0 Å². The molecule has 0 amide bonds. The molecule has 2 nitrogen and oxygen atoms in total. The Hall–Kier alpha value is -0.600. The van der Waals surface area contributed by atoms with Crippen molar-refractivity contribution in [1.29, 1.82) is 0 Å². The van der Waals surface area contributed by atoms with Gasteiger partial charge in [-0.2, -0.15) is 0 Å². The average Bonchev–Trinajstić information content (AvgIpc) is 2.45. The molecule has 1 aliphatic carbocycles. The van der Waals surface area contributed by atoms with Crippen molar-refractivity contribution in [3.05, 3.63) is 29.0 Å². The molecule has 0 aromatic carbocycles. The van der Waals surface area contributed by atoms with E-state index in [1.807, 2.05) is 6.20 Å². The second-order valence-corrected chi connectivity index (χ2v) is 6.05. The molecule has 1 aromatic rings. The molecular formula is C16H25ClN2. The van der Waals surface area contributed by atoms with E-state index < -0.39 is 0 Å². The van der Waals surface area contributed by atoms with E-state index in [1.54, 1.807) is 6.20 Å². The van der Waals surface area contributed by atoms with E-state index >= 15 is 0 Å². The first-order valence-electron chi connectivity index (χ1n) is 7.64. The highest BCUT2D eigenvalue weighted by Gasteiger charge is 2.21. The minimum atomic E-state index is 0.388. The number of nitrogens with one attached hydrogen (secondary N) is 1. The van der Waals surface area contributed by atoms with E-state index in [1.165, 1.54) is 44.1 Å². The number of halogens is 1. The zero-order valence-corrected chi connectivity index (χ0v) is 12.6. The number of nitrogens with zero attached hydrogens (tertiary/aromatic N) is 1. The highest BCUT2D eigenvalue weighted by atomic mass is 35.5. The molecule has 0 bridgehead atoms. The molecule has 2 rings (SSSR count). The average molecular weight is 281 g/mol. The van der Waals surface area contributed by atoms with Gasteiger partial charge in [0.1, 0.15) is 0 Å². The van der Waals surface area contributed by atoms with Crippen LogP contribution in [0.2, 0.25) is 5.02 Å². The molecule has 1 aliphatic rings. The van der Waals surface area contributed by atoms with Gasteiger partial charge in [-0.05, 0) is 36.9 Å². The SMILES string of the molecule is CCCNC(CC1CCCCC1)c1ccncc1Cl. The predicted molar refractivity (Wildman–Crippen MR) is 81.5 cm³/mol. The fourth-order valence-electron chi connectivity index (χ4n) is 3.06. The van der Waals surface area contributed by atoms with Crippen molar-refractivity contribution in [1.82, 2.24) is 10.3 Å². The molecule has 1 aromatic heterocycles. The fourth-order valence-corrected chi connectivity index (χ4v) is 3.31. The topological polar surface area (TPSA) is 24.9 Å². The normalized spacial score (nSPS) is 18.4. The minimum Gasteiger partial charge on any atom is -0.310 e. The lowest BCUT2D eigenvalue weighted by Crippen LogP contribution is -2.25. The van der Waals surface area contributed by atoms with Crippen LogP contribution in [0.1, 0.15) is 63.5 Å². The zero-order chi connectivity index (χ0) is 13.5. The van der Waals surface area contributed by atoms with E-state index in [0.717, 1.165) is 23.9 Å². The molecule has 0 spiro atoms. The Bertz CT molecular complexity index is 375. The third-order valence-electron chi connectivity index (χ3n) is 4.11. The second kappa shape index (κ2) is 7.86. The Morgan fingerprint density at radius 2 is 2.16 bits per heavy atom. The summed E-state index contributed by atoms with van der Waals surface area (Å²) in [5.74, 6) is 0.854. The van der Waals surface area contributed by atoms with E-state index in [0.29, 0.717) is 6.04 Å². The van der Waals surface area contributed by atoms with Crippen LogP contribution in [0.5, 0.6) is 0 Å². The smallest absolute Gasteiger partial charge is 0.0637 e. The maximum absolute atomic E-state index is 6.31. The van der Waals surface area contributed by atoms with Gasteiger partial charge in [0.25, 0.3) is 0 Å². The van der Waals surface area contributed by atoms with Gasteiger partial charge >= 0.3 is 0 Å². The van der Waals surface area contributed by atoms with Gasteiger partial charge < -0.3 is 5.32 Å². The highest BCUT2D eigenvalue weighted by Crippen LogP contribution is 2.33. The molecule has 3 heteroatoms. The minimum absolute atomic E-state index is 0.388. The van der Waals surface area contributed by atoms with Crippen LogP contribution < -0.4 is 5.32 Å². The summed E-state index contributed by atoms with van der Waals surface area (Å²) in [5.41, 5.74) is 1.22. The first-order chi connectivity index (χ1) is 9.31. The predicted octanol–water partition coefficient (Wildman–Crippen LogP) is 4.75.